The fourth-order valence-corrected chi connectivity index (χ4v) is 2.33. The third-order valence-corrected chi connectivity index (χ3v) is 3.43. The van der Waals surface area contributed by atoms with Crippen LogP contribution in [0.3, 0.4) is 0 Å². The van der Waals surface area contributed by atoms with Gasteiger partial charge in [-0.2, -0.15) is 13.2 Å². The Kier molecular flexibility index (Phi) is 3.12. The fourth-order valence-electron chi connectivity index (χ4n) is 2.33. The molecule has 0 spiro atoms. The highest BCUT2D eigenvalue weighted by molar-refractivity contribution is 5.81. The lowest BCUT2D eigenvalue weighted by Crippen LogP contribution is -2.04. The second kappa shape index (κ2) is 4.84. The second-order valence-corrected chi connectivity index (χ2v) is 4.96. The van der Waals surface area contributed by atoms with E-state index in [1.54, 1.807) is 12.3 Å². The Morgan fingerprint density at radius 3 is 2.33 bits per heavy atom. The van der Waals surface area contributed by atoms with Gasteiger partial charge in [0.1, 0.15) is 0 Å². The number of rotatable bonds is 2. The highest BCUT2D eigenvalue weighted by atomic mass is 19.4. The zero-order valence-corrected chi connectivity index (χ0v) is 11.1. The monoisotopic (exact) mass is 290 g/mol. The average molecular weight is 290 g/mol. The molecule has 2 N–H and O–H groups in total. The summed E-state index contributed by atoms with van der Waals surface area (Å²) < 4.78 is 40.0. The van der Waals surface area contributed by atoms with Crippen LogP contribution in [0.15, 0.2) is 54.7 Å². The number of hydrogen-bond acceptors (Lipinski definition) is 1. The third kappa shape index (κ3) is 2.72. The number of aromatic nitrogens is 1. The van der Waals surface area contributed by atoms with E-state index in [-0.39, 0.29) is 0 Å². The number of nitrogen functional groups attached to an aromatic ring is 1. The lowest BCUT2D eigenvalue weighted by atomic mass is 10.1. The Labute approximate surface area is 119 Å². The van der Waals surface area contributed by atoms with E-state index in [9.17, 15) is 13.2 Å². The summed E-state index contributed by atoms with van der Waals surface area (Å²) in [7, 11) is 0. The maximum absolute atomic E-state index is 12.7. The molecule has 108 valence electrons. The molecule has 3 rings (SSSR count). The van der Waals surface area contributed by atoms with Gasteiger partial charge in [0.25, 0.3) is 0 Å². The van der Waals surface area contributed by atoms with Gasteiger partial charge in [-0.1, -0.05) is 12.1 Å². The Balaban J connectivity index is 1.95. The second-order valence-electron chi connectivity index (χ2n) is 4.96. The molecule has 0 aliphatic carbocycles. The molecular formula is C16H13F3N2. The van der Waals surface area contributed by atoms with Crippen molar-refractivity contribution >= 4 is 16.6 Å². The van der Waals surface area contributed by atoms with Crippen LogP contribution in [-0.2, 0) is 12.7 Å². The quantitative estimate of drug-likeness (QED) is 0.701. The van der Waals surface area contributed by atoms with E-state index in [1.165, 1.54) is 12.1 Å². The van der Waals surface area contributed by atoms with Gasteiger partial charge in [-0.15, -0.1) is 0 Å². The first-order valence-corrected chi connectivity index (χ1v) is 6.44. The largest absolute Gasteiger partial charge is 0.416 e. The summed E-state index contributed by atoms with van der Waals surface area (Å²) in [6.07, 6.45) is -2.52. The predicted molar refractivity (Wildman–Crippen MR) is 76.9 cm³/mol. The molecule has 2 nitrogen and oxygen atoms in total. The van der Waals surface area contributed by atoms with Gasteiger partial charge in [0.15, 0.2) is 0 Å². The first kappa shape index (κ1) is 13.5. The van der Waals surface area contributed by atoms with E-state index in [4.69, 9.17) is 5.73 Å². The van der Waals surface area contributed by atoms with Crippen molar-refractivity contribution in [2.75, 3.05) is 5.73 Å². The van der Waals surface area contributed by atoms with Crippen molar-refractivity contribution in [2.45, 2.75) is 12.7 Å². The standard InChI is InChI=1S/C16H13F3N2/c17-16(18,19)13-3-6-15-12(9-13)7-8-21(15)10-11-1-4-14(20)5-2-11/h1-9H,10,20H2. The van der Waals surface area contributed by atoms with Crippen LogP contribution in [0.4, 0.5) is 18.9 Å². The topological polar surface area (TPSA) is 30.9 Å². The lowest BCUT2D eigenvalue weighted by molar-refractivity contribution is -0.137. The number of benzene rings is 2. The van der Waals surface area contributed by atoms with Crippen molar-refractivity contribution in [3.8, 4) is 0 Å². The molecule has 1 heterocycles. The van der Waals surface area contributed by atoms with E-state index >= 15 is 0 Å². The summed E-state index contributed by atoms with van der Waals surface area (Å²) in [5.74, 6) is 0. The SMILES string of the molecule is Nc1ccc(Cn2ccc3cc(C(F)(F)F)ccc32)cc1. The number of nitrogens with zero attached hydrogens (tertiary/aromatic N) is 1. The average Bonchev–Trinajstić information content (AvgIpc) is 2.83. The van der Waals surface area contributed by atoms with E-state index in [0.717, 1.165) is 17.1 Å². The highest BCUT2D eigenvalue weighted by Crippen LogP contribution is 2.31. The summed E-state index contributed by atoms with van der Waals surface area (Å²) >= 11 is 0. The van der Waals surface area contributed by atoms with Gasteiger partial charge >= 0.3 is 6.18 Å². The third-order valence-electron chi connectivity index (χ3n) is 3.43. The number of anilines is 1. The van der Waals surface area contributed by atoms with Gasteiger partial charge in [-0.05, 0) is 42.0 Å². The molecule has 0 fully saturated rings. The molecule has 0 saturated heterocycles. The summed E-state index contributed by atoms with van der Waals surface area (Å²) in [6.45, 7) is 0.592. The first-order chi connectivity index (χ1) is 9.93. The zero-order valence-electron chi connectivity index (χ0n) is 11.1. The predicted octanol–water partition coefficient (Wildman–Crippen LogP) is 4.29. The Morgan fingerprint density at radius 2 is 1.67 bits per heavy atom. The van der Waals surface area contributed by atoms with Gasteiger partial charge in [0.2, 0.25) is 0 Å². The molecule has 0 aliphatic rings. The molecule has 5 heteroatoms. The van der Waals surface area contributed by atoms with Crippen molar-refractivity contribution < 1.29 is 13.2 Å². The molecule has 0 radical (unpaired) electrons. The minimum absolute atomic E-state index is 0.584. The van der Waals surface area contributed by atoms with Crippen LogP contribution >= 0.6 is 0 Å². The van der Waals surface area contributed by atoms with Gasteiger partial charge in [-0.25, -0.2) is 0 Å². The minimum atomic E-state index is -4.31. The zero-order chi connectivity index (χ0) is 15.0. The molecule has 0 bridgehead atoms. The minimum Gasteiger partial charge on any atom is -0.399 e. The number of hydrogen-bond donors (Lipinski definition) is 1. The van der Waals surface area contributed by atoms with Crippen LogP contribution in [0.1, 0.15) is 11.1 Å². The maximum atomic E-state index is 12.7. The van der Waals surface area contributed by atoms with Crippen molar-refractivity contribution in [2.24, 2.45) is 0 Å². The molecule has 0 saturated carbocycles. The Morgan fingerprint density at radius 1 is 0.952 bits per heavy atom. The van der Waals surface area contributed by atoms with E-state index < -0.39 is 11.7 Å². The van der Waals surface area contributed by atoms with E-state index in [2.05, 4.69) is 0 Å². The van der Waals surface area contributed by atoms with Crippen LogP contribution in [0.5, 0.6) is 0 Å². The van der Waals surface area contributed by atoms with Crippen LogP contribution in [0.2, 0.25) is 0 Å². The lowest BCUT2D eigenvalue weighted by Gasteiger charge is -2.09. The molecule has 21 heavy (non-hydrogen) atoms. The Hall–Kier alpha value is -2.43. The van der Waals surface area contributed by atoms with Gasteiger partial charge in [-0.3, -0.25) is 0 Å². The van der Waals surface area contributed by atoms with Crippen molar-refractivity contribution in [1.29, 1.82) is 0 Å². The summed E-state index contributed by atoms with van der Waals surface area (Å²) in [5.41, 5.74) is 7.52. The normalized spacial score (nSPS) is 12.0. The number of nitrogens with two attached hydrogens (primary N) is 1. The maximum Gasteiger partial charge on any atom is 0.416 e. The fraction of sp³-hybridized carbons (Fsp3) is 0.125. The van der Waals surface area contributed by atoms with Gasteiger partial charge in [0, 0.05) is 29.3 Å². The van der Waals surface area contributed by atoms with Crippen LogP contribution in [-0.4, -0.2) is 4.57 Å². The molecule has 1 aromatic heterocycles. The highest BCUT2D eigenvalue weighted by Gasteiger charge is 2.30. The van der Waals surface area contributed by atoms with Gasteiger partial charge < -0.3 is 10.3 Å². The smallest absolute Gasteiger partial charge is 0.399 e. The van der Waals surface area contributed by atoms with Crippen molar-refractivity contribution in [3.63, 3.8) is 0 Å². The summed E-state index contributed by atoms with van der Waals surface area (Å²) in [6, 6.07) is 12.9. The van der Waals surface area contributed by atoms with Crippen LogP contribution in [0.25, 0.3) is 10.9 Å². The first-order valence-electron chi connectivity index (χ1n) is 6.44. The van der Waals surface area contributed by atoms with Gasteiger partial charge in [0.05, 0.1) is 5.56 Å². The number of fused-ring (bicyclic) bond motifs is 1. The molecule has 3 aromatic rings. The van der Waals surface area contributed by atoms with E-state index in [0.29, 0.717) is 17.6 Å². The molecule has 0 aliphatic heterocycles. The van der Waals surface area contributed by atoms with Crippen LogP contribution < -0.4 is 5.73 Å². The molecule has 0 atom stereocenters. The Bertz CT molecular complexity index is 770. The molecule has 0 unspecified atom stereocenters. The number of alkyl halides is 3. The van der Waals surface area contributed by atoms with Crippen molar-refractivity contribution in [1.82, 2.24) is 4.57 Å². The molecule has 0 amide bonds. The molecular weight excluding hydrogens is 277 g/mol. The molecule has 2 aromatic carbocycles. The summed E-state index contributed by atoms with van der Waals surface area (Å²) in [4.78, 5) is 0. The van der Waals surface area contributed by atoms with Crippen LogP contribution in [0, 0.1) is 0 Å². The van der Waals surface area contributed by atoms with E-state index in [1.807, 2.05) is 28.8 Å². The van der Waals surface area contributed by atoms with Crippen molar-refractivity contribution in [3.05, 3.63) is 65.9 Å². The summed E-state index contributed by atoms with van der Waals surface area (Å²) in [5, 5.41) is 0.584. The number of halogens is 3.